The van der Waals surface area contributed by atoms with Crippen molar-refractivity contribution in [1.29, 1.82) is 0 Å². The Morgan fingerprint density at radius 1 is 1.36 bits per heavy atom. The molecule has 0 amide bonds. The van der Waals surface area contributed by atoms with Crippen molar-refractivity contribution in [1.82, 2.24) is 0 Å². The summed E-state index contributed by atoms with van der Waals surface area (Å²) in [4.78, 5) is 1.50. The van der Waals surface area contributed by atoms with E-state index >= 15 is 0 Å². The van der Waals surface area contributed by atoms with E-state index < -0.39 is 0 Å². The molecule has 74 valence electrons. The van der Waals surface area contributed by atoms with Crippen molar-refractivity contribution >= 4 is 33.2 Å². The van der Waals surface area contributed by atoms with Crippen molar-refractivity contribution in [3.05, 3.63) is 34.7 Å². The van der Waals surface area contributed by atoms with Crippen LogP contribution in [0.25, 0.3) is 10.1 Å². The maximum atomic E-state index is 2.33. The predicted molar refractivity (Wildman–Crippen MR) is 68.4 cm³/mol. The zero-order chi connectivity index (χ0) is 9.97. The molecule has 2 aromatic rings. The van der Waals surface area contributed by atoms with Gasteiger partial charge in [0.15, 0.2) is 0 Å². The molecule has 0 N–H and O–H groups in total. The number of thioether (sulfide) groups is 1. The lowest BCUT2D eigenvalue weighted by molar-refractivity contribution is 1.47. The molecular formula is C12H14S2. The van der Waals surface area contributed by atoms with Crippen LogP contribution in [-0.2, 0) is 5.75 Å². The molecule has 1 heterocycles. The molecule has 2 rings (SSSR count). The highest BCUT2D eigenvalue weighted by Gasteiger charge is 2.02. The van der Waals surface area contributed by atoms with Gasteiger partial charge in [-0.15, -0.1) is 11.3 Å². The standard InChI is InChI=1S/C12H14S2/c1-3-13-8-11-7-10-6-4-5-9(2)12(10)14-11/h4-7H,3,8H2,1-2H3. The number of hydrogen-bond donors (Lipinski definition) is 0. The van der Waals surface area contributed by atoms with Crippen molar-refractivity contribution in [3.63, 3.8) is 0 Å². The molecule has 0 aliphatic carbocycles. The van der Waals surface area contributed by atoms with Gasteiger partial charge in [0, 0.05) is 15.3 Å². The molecule has 0 aliphatic heterocycles. The van der Waals surface area contributed by atoms with Crippen molar-refractivity contribution in [2.45, 2.75) is 19.6 Å². The van der Waals surface area contributed by atoms with Gasteiger partial charge in [-0.2, -0.15) is 11.8 Å². The molecule has 0 spiro atoms. The Balaban J connectivity index is 2.36. The minimum absolute atomic E-state index is 1.16. The van der Waals surface area contributed by atoms with Crippen molar-refractivity contribution < 1.29 is 0 Å². The second kappa shape index (κ2) is 4.37. The minimum Gasteiger partial charge on any atom is -0.157 e. The van der Waals surface area contributed by atoms with Crippen LogP contribution in [-0.4, -0.2) is 5.75 Å². The van der Waals surface area contributed by atoms with Gasteiger partial charge in [-0.3, -0.25) is 0 Å². The molecule has 0 aliphatic rings. The van der Waals surface area contributed by atoms with Gasteiger partial charge in [0.2, 0.25) is 0 Å². The molecule has 0 bridgehead atoms. The number of hydrogen-bond acceptors (Lipinski definition) is 2. The molecular weight excluding hydrogens is 208 g/mol. The highest BCUT2D eigenvalue weighted by atomic mass is 32.2. The summed E-state index contributed by atoms with van der Waals surface area (Å²) in [6, 6.07) is 8.87. The summed E-state index contributed by atoms with van der Waals surface area (Å²) in [6.07, 6.45) is 0. The van der Waals surface area contributed by atoms with Crippen LogP contribution in [0.5, 0.6) is 0 Å². The summed E-state index contributed by atoms with van der Waals surface area (Å²) in [5, 5.41) is 1.40. The lowest BCUT2D eigenvalue weighted by atomic mass is 10.2. The van der Waals surface area contributed by atoms with Crippen LogP contribution in [0.3, 0.4) is 0 Å². The van der Waals surface area contributed by atoms with Crippen LogP contribution in [0.2, 0.25) is 0 Å². The molecule has 0 fully saturated rings. The van der Waals surface area contributed by atoms with Crippen LogP contribution in [0.15, 0.2) is 24.3 Å². The van der Waals surface area contributed by atoms with Crippen LogP contribution in [0, 0.1) is 6.92 Å². The number of aryl methyl sites for hydroxylation is 1. The van der Waals surface area contributed by atoms with E-state index in [0.29, 0.717) is 0 Å². The maximum absolute atomic E-state index is 2.33. The van der Waals surface area contributed by atoms with Gasteiger partial charge in [-0.25, -0.2) is 0 Å². The summed E-state index contributed by atoms with van der Waals surface area (Å²) in [5.41, 5.74) is 1.40. The quantitative estimate of drug-likeness (QED) is 0.738. The first kappa shape index (κ1) is 10.1. The largest absolute Gasteiger partial charge is 0.157 e. The Morgan fingerprint density at radius 3 is 2.93 bits per heavy atom. The number of thiophene rings is 1. The number of fused-ring (bicyclic) bond motifs is 1. The Kier molecular flexibility index (Phi) is 3.14. The monoisotopic (exact) mass is 222 g/mol. The number of benzene rings is 1. The highest BCUT2D eigenvalue weighted by Crippen LogP contribution is 2.30. The first-order valence-corrected chi connectivity index (χ1v) is 6.84. The van der Waals surface area contributed by atoms with Crippen LogP contribution in [0.4, 0.5) is 0 Å². The van der Waals surface area contributed by atoms with Crippen LogP contribution >= 0.6 is 23.1 Å². The molecule has 0 radical (unpaired) electrons. The molecule has 0 saturated carbocycles. The predicted octanol–water partition coefficient (Wildman–Crippen LogP) is 4.46. The molecule has 0 nitrogen and oxygen atoms in total. The summed E-state index contributed by atoms with van der Waals surface area (Å²) in [7, 11) is 0. The van der Waals surface area contributed by atoms with Crippen LogP contribution in [0.1, 0.15) is 17.4 Å². The highest BCUT2D eigenvalue weighted by molar-refractivity contribution is 7.98. The second-order valence-corrected chi connectivity index (χ2v) is 5.75. The van der Waals surface area contributed by atoms with E-state index in [9.17, 15) is 0 Å². The van der Waals surface area contributed by atoms with Gasteiger partial charge in [-0.05, 0) is 29.7 Å². The van der Waals surface area contributed by atoms with Crippen LogP contribution < -0.4 is 0 Å². The van der Waals surface area contributed by atoms with E-state index in [1.54, 1.807) is 0 Å². The Labute approximate surface area is 93.3 Å². The van der Waals surface area contributed by atoms with Gasteiger partial charge >= 0.3 is 0 Å². The van der Waals surface area contributed by atoms with Crippen molar-refractivity contribution in [3.8, 4) is 0 Å². The van der Waals surface area contributed by atoms with Gasteiger partial charge in [0.05, 0.1) is 0 Å². The third-order valence-corrected chi connectivity index (χ3v) is 4.63. The molecule has 14 heavy (non-hydrogen) atoms. The number of rotatable bonds is 3. The SMILES string of the molecule is CCSCc1cc2cccc(C)c2s1. The average Bonchev–Trinajstić information content (AvgIpc) is 2.59. The molecule has 0 atom stereocenters. The fourth-order valence-electron chi connectivity index (χ4n) is 1.54. The first-order valence-electron chi connectivity index (χ1n) is 4.87. The molecule has 0 saturated heterocycles. The van der Waals surface area contributed by atoms with Gasteiger partial charge < -0.3 is 0 Å². The zero-order valence-corrected chi connectivity index (χ0v) is 10.2. The van der Waals surface area contributed by atoms with E-state index in [1.807, 2.05) is 23.1 Å². The Bertz CT molecular complexity index is 429. The Hall–Kier alpha value is -0.470. The van der Waals surface area contributed by atoms with E-state index in [0.717, 1.165) is 5.75 Å². The first-order chi connectivity index (χ1) is 6.81. The van der Waals surface area contributed by atoms with Crippen molar-refractivity contribution in [2.75, 3.05) is 5.75 Å². The molecule has 2 heteroatoms. The summed E-state index contributed by atoms with van der Waals surface area (Å²) >= 11 is 3.94. The van der Waals surface area contributed by atoms with Gasteiger partial charge in [0.1, 0.15) is 0 Å². The normalized spacial score (nSPS) is 11.0. The smallest absolute Gasteiger partial charge is 0.0375 e. The Morgan fingerprint density at radius 2 is 2.21 bits per heavy atom. The van der Waals surface area contributed by atoms with Gasteiger partial charge in [-0.1, -0.05) is 25.1 Å². The van der Waals surface area contributed by atoms with E-state index in [2.05, 4.69) is 38.1 Å². The van der Waals surface area contributed by atoms with E-state index in [1.165, 1.54) is 26.3 Å². The lowest BCUT2D eigenvalue weighted by Crippen LogP contribution is -1.71. The zero-order valence-electron chi connectivity index (χ0n) is 8.54. The minimum atomic E-state index is 1.16. The molecule has 1 aromatic carbocycles. The summed E-state index contributed by atoms with van der Waals surface area (Å²) in [6.45, 7) is 4.40. The van der Waals surface area contributed by atoms with Crippen molar-refractivity contribution in [2.24, 2.45) is 0 Å². The fraction of sp³-hybridized carbons (Fsp3) is 0.333. The maximum Gasteiger partial charge on any atom is 0.0375 e. The summed E-state index contributed by atoms with van der Waals surface area (Å²) in [5.74, 6) is 2.36. The van der Waals surface area contributed by atoms with E-state index in [4.69, 9.17) is 0 Å². The lowest BCUT2D eigenvalue weighted by Gasteiger charge is -1.92. The molecule has 0 unspecified atom stereocenters. The third kappa shape index (κ3) is 1.96. The van der Waals surface area contributed by atoms with Gasteiger partial charge in [0.25, 0.3) is 0 Å². The summed E-state index contributed by atoms with van der Waals surface area (Å²) < 4.78 is 1.46. The molecule has 1 aromatic heterocycles. The fourth-order valence-corrected chi connectivity index (χ4v) is 3.43. The average molecular weight is 222 g/mol. The second-order valence-electron chi connectivity index (χ2n) is 3.34. The third-order valence-electron chi connectivity index (χ3n) is 2.24. The van der Waals surface area contributed by atoms with E-state index in [-0.39, 0.29) is 0 Å². The topological polar surface area (TPSA) is 0 Å².